The Labute approximate surface area is 143 Å². The maximum absolute atomic E-state index is 12.4. The van der Waals surface area contributed by atoms with Gasteiger partial charge in [0.1, 0.15) is 11.3 Å². The van der Waals surface area contributed by atoms with Crippen LogP contribution in [-0.2, 0) is 6.54 Å². The summed E-state index contributed by atoms with van der Waals surface area (Å²) in [5.74, 6) is 0.435. The minimum atomic E-state index is -0.327. The molecule has 2 aromatic carbocycles. The highest BCUT2D eigenvalue weighted by molar-refractivity contribution is 7.16. The third-order valence-electron chi connectivity index (χ3n) is 3.66. The van der Waals surface area contributed by atoms with Gasteiger partial charge >= 0.3 is 0 Å². The molecule has 1 heterocycles. The summed E-state index contributed by atoms with van der Waals surface area (Å²) in [6.45, 7) is 2.68. The number of hydrogen-bond acceptors (Lipinski definition) is 4. The van der Waals surface area contributed by atoms with Crippen molar-refractivity contribution in [2.45, 2.75) is 13.5 Å². The first-order valence-electron chi connectivity index (χ1n) is 7.43. The van der Waals surface area contributed by atoms with E-state index in [4.69, 9.17) is 10.00 Å². The van der Waals surface area contributed by atoms with Crippen molar-refractivity contribution in [3.8, 4) is 11.8 Å². The number of methoxy groups -OCH3 is 1. The fraction of sp³-hybridized carbons (Fsp3) is 0.167. The predicted molar refractivity (Wildman–Crippen MR) is 93.1 cm³/mol. The Morgan fingerprint density at radius 3 is 2.67 bits per heavy atom. The average molecular weight is 337 g/mol. The monoisotopic (exact) mass is 337 g/mol. The van der Waals surface area contributed by atoms with Crippen molar-refractivity contribution in [1.82, 2.24) is 4.57 Å². The lowest BCUT2D eigenvalue weighted by Crippen LogP contribution is -2.16. The molecule has 0 aliphatic carbocycles. The van der Waals surface area contributed by atoms with Crippen LogP contribution in [0.1, 0.15) is 22.8 Å². The highest BCUT2D eigenvalue weighted by Crippen LogP contribution is 2.27. The van der Waals surface area contributed by atoms with E-state index in [1.807, 2.05) is 35.8 Å². The second-order valence-corrected chi connectivity index (χ2v) is 6.05. The zero-order valence-corrected chi connectivity index (χ0v) is 14.1. The number of amides is 1. The number of carbonyl (C=O) groups is 1. The molecule has 24 heavy (non-hydrogen) atoms. The van der Waals surface area contributed by atoms with E-state index in [1.165, 1.54) is 11.3 Å². The van der Waals surface area contributed by atoms with Gasteiger partial charge in [0.05, 0.1) is 23.4 Å². The van der Waals surface area contributed by atoms with Gasteiger partial charge in [-0.2, -0.15) is 10.3 Å². The Bertz CT molecular complexity index is 1010. The van der Waals surface area contributed by atoms with E-state index in [0.717, 1.165) is 16.0 Å². The van der Waals surface area contributed by atoms with Crippen LogP contribution >= 0.6 is 11.3 Å². The summed E-state index contributed by atoms with van der Waals surface area (Å²) in [5.41, 5.74) is 1.92. The molecule has 0 bridgehead atoms. The van der Waals surface area contributed by atoms with Crippen LogP contribution in [0.4, 0.5) is 0 Å². The molecule has 6 heteroatoms. The second-order valence-electron chi connectivity index (χ2n) is 5.04. The van der Waals surface area contributed by atoms with Gasteiger partial charge < -0.3 is 9.30 Å². The molecule has 0 atom stereocenters. The third-order valence-corrected chi connectivity index (χ3v) is 4.70. The average Bonchev–Trinajstić information content (AvgIpc) is 2.98. The van der Waals surface area contributed by atoms with Crippen LogP contribution < -0.4 is 9.54 Å². The molecule has 0 aliphatic rings. The van der Waals surface area contributed by atoms with Crippen LogP contribution in [0.3, 0.4) is 0 Å². The lowest BCUT2D eigenvalue weighted by atomic mass is 10.1. The molecular weight excluding hydrogens is 322 g/mol. The number of aryl methyl sites for hydroxylation is 1. The normalized spacial score (nSPS) is 11.5. The number of nitriles is 1. The zero-order valence-electron chi connectivity index (χ0n) is 13.3. The van der Waals surface area contributed by atoms with Crippen molar-refractivity contribution < 1.29 is 9.53 Å². The molecule has 120 valence electrons. The fourth-order valence-electron chi connectivity index (χ4n) is 2.48. The number of thiazole rings is 1. The third kappa shape index (κ3) is 2.82. The van der Waals surface area contributed by atoms with Gasteiger partial charge in [0.25, 0.3) is 5.91 Å². The number of aromatic nitrogens is 1. The van der Waals surface area contributed by atoms with Gasteiger partial charge in [0.15, 0.2) is 4.80 Å². The van der Waals surface area contributed by atoms with E-state index in [-0.39, 0.29) is 5.91 Å². The van der Waals surface area contributed by atoms with Gasteiger partial charge in [0, 0.05) is 12.1 Å². The van der Waals surface area contributed by atoms with E-state index < -0.39 is 0 Å². The lowest BCUT2D eigenvalue weighted by Gasteiger charge is -2.05. The summed E-state index contributed by atoms with van der Waals surface area (Å²) in [6.07, 6.45) is 0. The van der Waals surface area contributed by atoms with Gasteiger partial charge in [-0.15, -0.1) is 0 Å². The van der Waals surface area contributed by atoms with Crippen molar-refractivity contribution in [3.05, 3.63) is 58.4 Å². The van der Waals surface area contributed by atoms with Gasteiger partial charge in [-0.1, -0.05) is 17.4 Å². The van der Waals surface area contributed by atoms with Gasteiger partial charge in [-0.3, -0.25) is 4.79 Å². The molecule has 1 aromatic heterocycles. The summed E-state index contributed by atoms with van der Waals surface area (Å²) in [4.78, 5) is 17.3. The number of carbonyl (C=O) groups excluding carboxylic acids is 1. The molecule has 0 unspecified atom stereocenters. The molecule has 0 N–H and O–H groups in total. The van der Waals surface area contributed by atoms with Crippen LogP contribution in [0.2, 0.25) is 0 Å². The summed E-state index contributed by atoms with van der Waals surface area (Å²) in [6, 6.07) is 14.3. The zero-order chi connectivity index (χ0) is 17.1. The Morgan fingerprint density at radius 2 is 2.04 bits per heavy atom. The molecule has 0 saturated carbocycles. The summed E-state index contributed by atoms with van der Waals surface area (Å²) < 4.78 is 8.42. The Hall–Kier alpha value is -2.91. The highest BCUT2D eigenvalue weighted by Gasteiger charge is 2.11. The van der Waals surface area contributed by atoms with E-state index in [0.29, 0.717) is 22.5 Å². The molecule has 0 saturated heterocycles. The first-order chi connectivity index (χ1) is 11.7. The fourth-order valence-corrected chi connectivity index (χ4v) is 3.59. The van der Waals surface area contributed by atoms with Crippen LogP contribution in [0.5, 0.6) is 5.75 Å². The molecular formula is C18H15N3O2S. The SMILES string of the molecule is CCn1c(=NC(=O)c2ccc(C#N)cc2)sc2cccc(OC)c21. The Kier molecular flexibility index (Phi) is 4.45. The largest absolute Gasteiger partial charge is 0.495 e. The standard InChI is InChI=1S/C18H15N3O2S/c1-3-21-16-14(23-2)5-4-6-15(16)24-18(21)20-17(22)13-9-7-12(11-19)8-10-13/h4-10H,3H2,1-2H3. The van der Waals surface area contributed by atoms with Crippen molar-refractivity contribution in [2.75, 3.05) is 7.11 Å². The first-order valence-corrected chi connectivity index (χ1v) is 8.25. The van der Waals surface area contributed by atoms with Crippen LogP contribution in [0, 0.1) is 11.3 Å². The summed E-state index contributed by atoms with van der Waals surface area (Å²) in [7, 11) is 1.63. The molecule has 0 radical (unpaired) electrons. The van der Waals surface area contributed by atoms with E-state index >= 15 is 0 Å². The van der Waals surface area contributed by atoms with Crippen LogP contribution in [0.15, 0.2) is 47.5 Å². The minimum Gasteiger partial charge on any atom is -0.495 e. The molecule has 0 fully saturated rings. The van der Waals surface area contributed by atoms with Crippen LogP contribution in [-0.4, -0.2) is 17.6 Å². The van der Waals surface area contributed by atoms with E-state index in [9.17, 15) is 4.79 Å². The number of para-hydroxylation sites is 1. The van der Waals surface area contributed by atoms with Crippen LogP contribution in [0.25, 0.3) is 10.2 Å². The molecule has 5 nitrogen and oxygen atoms in total. The Morgan fingerprint density at radius 1 is 1.29 bits per heavy atom. The smallest absolute Gasteiger partial charge is 0.279 e. The number of rotatable bonds is 3. The predicted octanol–water partition coefficient (Wildman–Crippen LogP) is 3.34. The van der Waals surface area contributed by atoms with E-state index in [2.05, 4.69) is 4.99 Å². The van der Waals surface area contributed by atoms with Crippen molar-refractivity contribution in [3.63, 3.8) is 0 Å². The number of ether oxygens (including phenoxy) is 1. The van der Waals surface area contributed by atoms with Crippen molar-refractivity contribution in [1.29, 1.82) is 5.26 Å². The summed E-state index contributed by atoms with van der Waals surface area (Å²) in [5, 5.41) is 8.83. The molecule has 3 rings (SSSR count). The molecule has 0 spiro atoms. The number of nitrogens with zero attached hydrogens (tertiary/aromatic N) is 3. The van der Waals surface area contributed by atoms with Gasteiger partial charge in [0.2, 0.25) is 0 Å². The summed E-state index contributed by atoms with van der Waals surface area (Å²) >= 11 is 1.45. The van der Waals surface area contributed by atoms with Crippen molar-refractivity contribution in [2.24, 2.45) is 4.99 Å². The van der Waals surface area contributed by atoms with E-state index in [1.54, 1.807) is 31.4 Å². The maximum Gasteiger partial charge on any atom is 0.279 e. The Balaban J connectivity index is 2.12. The van der Waals surface area contributed by atoms with Gasteiger partial charge in [-0.05, 0) is 43.3 Å². The quantitative estimate of drug-likeness (QED) is 0.736. The molecule has 0 aliphatic heterocycles. The first kappa shape index (κ1) is 16.0. The number of hydrogen-bond donors (Lipinski definition) is 0. The van der Waals surface area contributed by atoms with Crippen molar-refractivity contribution >= 4 is 27.5 Å². The molecule has 1 amide bonds. The topological polar surface area (TPSA) is 67.4 Å². The second kappa shape index (κ2) is 6.69. The lowest BCUT2D eigenvalue weighted by molar-refractivity contribution is 0.0998. The highest BCUT2D eigenvalue weighted by atomic mass is 32.1. The minimum absolute atomic E-state index is 0.327. The number of benzene rings is 2. The van der Waals surface area contributed by atoms with Gasteiger partial charge in [-0.25, -0.2) is 0 Å². The number of fused-ring (bicyclic) bond motifs is 1. The maximum atomic E-state index is 12.4. The molecule has 3 aromatic rings.